The van der Waals surface area contributed by atoms with E-state index in [1.165, 1.54) is 32.4 Å². The summed E-state index contributed by atoms with van der Waals surface area (Å²) in [5.74, 6) is 0.688. The van der Waals surface area contributed by atoms with Gasteiger partial charge in [0.25, 0.3) is 15.9 Å². The predicted octanol–water partition coefficient (Wildman–Crippen LogP) is 4.11. The molecule has 1 aliphatic carbocycles. The molecule has 1 amide bonds. The van der Waals surface area contributed by atoms with Crippen LogP contribution in [-0.2, 0) is 10.0 Å². The molecule has 1 saturated carbocycles. The number of methoxy groups -OCH3 is 1. The number of sulfonamides is 1. The fourth-order valence-electron chi connectivity index (χ4n) is 3.69. The van der Waals surface area contributed by atoms with Gasteiger partial charge in [-0.15, -0.1) is 0 Å². The maximum atomic E-state index is 13.0. The van der Waals surface area contributed by atoms with E-state index in [1.807, 2.05) is 0 Å². The minimum atomic E-state index is -3.88. The van der Waals surface area contributed by atoms with Gasteiger partial charge in [0.15, 0.2) is 0 Å². The Balaban J connectivity index is 1.77. The lowest BCUT2D eigenvalue weighted by molar-refractivity contribution is 0.0943. The third kappa shape index (κ3) is 5.29. The largest absolute Gasteiger partial charge is 0.495 e. The Morgan fingerprint density at radius 2 is 1.83 bits per heavy atom. The number of para-hydroxylation sites is 2. The molecule has 0 aromatic heterocycles. The summed E-state index contributed by atoms with van der Waals surface area (Å²) in [6.07, 6.45) is 5.96. The van der Waals surface area contributed by atoms with Crippen LogP contribution in [0.5, 0.6) is 5.75 Å². The molecule has 1 aliphatic rings. The molecule has 2 aromatic carbocycles. The first kappa shape index (κ1) is 21.2. The second kappa shape index (κ2) is 9.31. The van der Waals surface area contributed by atoms with Crippen LogP contribution < -0.4 is 14.8 Å². The maximum absolute atomic E-state index is 13.0. The monoisotopic (exact) mass is 416 g/mol. The van der Waals surface area contributed by atoms with Crippen molar-refractivity contribution in [1.82, 2.24) is 5.32 Å². The summed E-state index contributed by atoms with van der Waals surface area (Å²) in [5.41, 5.74) is 1.25. The van der Waals surface area contributed by atoms with E-state index in [9.17, 15) is 13.2 Å². The molecule has 0 aliphatic heterocycles. The van der Waals surface area contributed by atoms with Gasteiger partial charge in [0.05, 0.1) is 17.7 Å². The molecular weight excluding hydrogens is 388 g/mol. The van der Waals surface area contributed by atoms with Crippen LogP contribution in [0.15, 0.2) is 47.4 Å². The summed E-state index contributed by atoms with van der Waals surface area (Å²) in [5, 5.41) is 2.96. The van der Waals surface area contributed by atoms with Crippen molar-refractivity contribution in [2.75, 3.05) is 18.4 Å². The summed E-state index contributed by atoms with van der Waals surface area (Å²) < 4.78 is 33.7. The Labute approximate surface area is 172 Å². The fourth-order valence-corrected chi connectivity index (χ4v) is 5.03. The highest BCUT2D eigenvalue weighted by atomic mass is 32.2. The average molecular weight is 417 g/mol. The molecule has 29 heavy (non-hydrogen) atoms. The van der Waals surface area contributed by atoms with Crippen molar-refractivity contribution in [1.29, 1.82) is 0 Å². The van der Waals surface area contributed by atoms with Gasteiger partial charge in [0.2, 0.25) is 0 Å². The number of benzene rings is 2. The standard InChI is InChI=1S/C22H28N2O4S/c1-16-12-13-18(22(25)23-15-17-8-4-3-5-9-17)14-21(16)29(26,27)24-19-10-6-7-11-20(19)28-2/h6-7,10-14,17,24H,3-5,8-9,15H2,1-2H3,(H,23,25). The zero-order chi connectivity index (χ0) is 20.9. The number of carbonyl (C=O) groups is 1. The quantitative estimate of drug-likeness (QED) is 0.711. The number of anilines is 1. The Morgan fingerprint density at radius 3 is 2.55 bits per heavy atom. The zero-order valence-corrected chi connectivity index (χ0v) is 17.7. The molecule has 0 atom stereocenters. The molecule has 0 saturated heterocycles. The predicted molar refractivity (Wildman–Crippen MR) is 114 cm³/mol. The fraction of sp³-hybridized carbons (Fsp3) is 0.409. The second-order valence-electron chi connectivity index (χ2n) is 7.50. The molecule has 0 unspecified atom stereocenters. The van der Waals surface area contributed by atoms with Crippen molar-refractivity contribution < 1.29 is 17.9 Å². The number of rotatable bonds is 7. The van der Waals surface area contributed by atoms with Crippen LogP contribution in [-0.4, -0.2) is 28.0 Å². The summed E-state index contributed by atoms with van der Waals surface area (Å²) in [4.78, 5) is 12.7. The van der Waals surface area contributed by atoms with Gasteiger partial charge in [-0.2, -0.15) is 0 Å². The Hall–Kier alpha value is -2.54. The molecule has 7 heteroatoms. The number of aryl methyl sites for hydroxylation is 1. The molecule has 0 bridgehead atoms. The highest BCUT2D eigenvalue weighted by Crippen LogP contribution is 2.28. The van der Waals surface area contributed by atoms with Crippen molar-refractivity contribution in [2.45, 2.75) is 43.9 Å². The first-order valence-electron chi connectivity index (χ1n) is 9.95. The summed E-state index contributed by atoms with van der Waals surface area (Å²) in [7, 11) is -2.40. The first-order chi connectivity index (χ1) is 13.9. The third-order valence-corrected chi connectivity index (χ3v) is 6.87. The average Bonchev–Trinajstić information content (AvgIpc) is 2.73. The maximum Gasteiger partial charge on any atom is 0.262 e. The zero-order valence-electron chi connectivity index (χ0n) is 16.9. The van der Waals surface area contributed by atoms with E-state index in [1.54, 1.807) is 43.3 Å². The Morgan fingerprint density at radius 1 is 1.10 bits per heavy atom. The lowest BCUT2D eigenvalue weighted by Gasteiger charge is -2.21. The number of amides is 1. The topological polar surface area (TPSA) is 84.5 Å². The molecule has 6 nitrogen and oxygen atoms in total. The van der Waals surface area contributed by atoms with Crippen molar-refractivity contribution in [3.8, 4) is 5.75 Å². The Bertz CT molecular complexity index is 967. The molecule has 0 radical (unpaired) electrons. The molecule has 0 heterocycles. The molecule has 1 fully saturated rings. The molecule has 156 valence electrons. The molecule has 2 aromatic rings. The van der Waals surface area contributed by atoms with Gasteiger partial charge in [-0.25, -0.2) is 8.42 Å². The first-order valence-corrected chi connectivity index (χ1v) is 11.4. The summed E-state index contributed by atoms with van der Waals surface area (Å²) >= 11 is 0. The SMILES string of the molecule is COc1ccccc1NS(=O)(=O)c1cc(C(=O)NCC2CCCCC2)ccc1C. The van der Waals surface area contributed by atoms with Gasteiger partial charge in [0, 0.05) is 12.1 Å². The van der Waals surface area contributed by atoms with Crippen LogP contribution in [0.4, 0.5) is 5.69 Å². The van der Waals surface area contributed by atoms with E-state index in [2.05, 4.69) is 10.0 Å². The van der Waals surface area contributed by atoms with Crippen molar-refractivity contribution in [3.05, 3.63) is 53.6 Å². The summed E-state index contributed by atoms with van der Waals surface area (Å²) in [6, 6.07) is 11.6. The lowest BCUT2D eigenvalue weighted by atomic mass is 9.89. The minimum Gasteiger partial charge on any atom is -0.495 e. The van der Waals surface area contributed by atoms with Crippen molar-refractivity contribution in [3.63, 3.8) is 0 Å². The summed E-state index contributed by atoms with van der Waals surface area (Å²) in [6.45, 7) is 2.34. The van der Waals surface area contributed by atoms with E-state index >= 15 is 0 Å². The third-order valence-electron chi connectivity index (χ3n) is 5.37. The van der Waals surface area contributed by atoms with E-state index in [0.717, 1.165) is 12.8 Å². The van der Waals surface area contributed by atoms with Crippen LogP contribution in [0, 0.1) is 12.8 Å². The lowest BCUT2D eigenvalue weighted by Crippen LogP contribution is -2.30. The number of nitrogens with one attached hydrogen (secondary N) is 2. The number of carbonyl (C=O) groups excluding carboxylic acids is 1. The van der Waals surface area contributed by atoms with E-state index in [4.69, 9.17) is 4.74 Å². The van der Waals surface area contributed by atoms with Gasteiger partial charge in [-0.3, -0.25) is 9.52 Å². The minimum absolute atomic E-state index is 0.0775. The highest BCUT2D eigenvalue weighted by Gasteiger charge is 2.21. The van der Waals surface area contributed by atoms with E-state index < -0.39 is 10.0 Å². The Kier molecular flexibility index (Phi) is 6.79. The van der Waals surface area contributed by atoms with Crippen molar-refractivity contribution >= 4 is 21.6 Å². The number of ether oxygens (including phenoxy) is 1. The van der Waals surface area contributed by atoms with E-state index in [0.29, 0.717) is 35.0 Å². The molecule has 3 rings (SSSR count). The van der Waals surface area contributed by atoms with Crippen LogP contribution in [0.25, 0.3) is 0 Å². The van der Waals surface area contributed by atoms with Gasteiger partial charge >= 0.3 is 0 Å². The van der Waals surface area contributed by atoms with Crippen molar-refractivity contribution in [2.24, 2.45) is 5.92 Å². The number of hydrogen-bond donors (Lipinski definition) is 2. The smallest absolute Gasteiger partial charge is 0.262 e. The van der Waals surface area contributed by atoms with Crippen LogP contribution in [0.3, 0.4) is 0 Å². The van der Waals surface area contributed by atoms with Crippen LogP contribution >= 0.6 is 0 Å². The highest BCUT2D eigenvalue weighted by molar-refractivity contribution is 7.92. The van der Waals surface area contributed by atoms with Gasteiger partial charge in [-0.1, -0.05) is 37.5 Å². The molecular formula is C22H28N2O4S. The normalized spacial score (nSPS) is 15.0. The van der Waals surface area contributed by atoms with Gasteiger partial charge in [-0.05, 0) is 55.5 Å². The van der Waals surface area contributed by atoms with Crippen LogP contribution in [0.1, 0.15) is 48.0 Å². The van der Waals surface area contributed by atoms with Crippen LogP contribution in [0.2, 0.25) is 0 Å². The second-order valence-corrected chi connectivity index (χ2v) is 9.15. The van der Waals surface area contributed by atoms with E-state index in [-0.39, 0.29) is 10.8 Å². The van der Waals surface area contributed by atoms with Gasteiger partial charge in [0.1, 0.15) is 5.75 Å². The molecule has 2 N–H and O–H groups in total. The van der Waals surface area contributed by atoms with Gasteiger partial charge < -0.3 is 10.1 Å². The number of hydrogen-bond acceptors (Lipinski definition) is 4. The molecule has 0 spiro atoms.